The number of fused-ring (bicyclic) bond motifs is 1. The van der Waals surface area contributed by atoms with Crippen LogP contribution in [0.25, 0.3) is 0 Å². The number of likely N-dealkylation sites (tertiary alicyclic amines) is 1. The molecule has 1 fully saturated rings. The molecule has 8 nitrogen and oxygen atoms in total. The number of carbonyl (C=O) groups excluding carboxylic acids is 2. The summed E-state index contributed by atoms with van der Waals surface area (Å²) in [5.41, 5.74) is 0.784. The summed E-state index contributed by atoms with van der Waals surface area (Å²) in [5.74, 6) is -1.33. The number of esters is 1. The van der Waals surface area contributed by atoms with Crippen molar-refractivity contribution in [3.63, 3.8) is 0 Å². The maximum atomic E-state index is 12.7. The zero-order chi connectivity index (χ0) is 24.5. The molecule has 0 aliphatic carbocycles. The van der Waals surface area contributed by atoms with Gasteiger partial charge in [-0.3, -0.25) is 4.79 Å². The molecule has 0 spiro atoms. The minimum Gasteiger partial charge on any atom is -0.508 e. The van der Waals surface area contributed by atoms with Gasteiger partial charge in [0.2, 0.25) is 0 Å². The largest absolute Gasteiger partial charge is 0.508 e. The SMILES string of the molecule is CC1CCCC(C)N1C(=O)CON=C1C=CCCC=CCCOC(=O)c2c(O)cc(O)cc2C1. The summed E-state index contributed by atoms with van der Waals surface area (Å²) < 4.78 is 5.30. The molecule has 2 aliphatic rings. The monoisotopic (exact) mass is 470 g/mol. The van der Waals surface area contributed by atoms with E-state index in [9.17, 15) is 19.8 Å². The summed E-state index contributed by atoms with van der Waals surface area (Å²) in [7, 11) is 0. The normalized spacial score (nSPS) is 23.2. The predicted octanol–water partition coefficient (Wildman–Crippen LogP) is 4.26. The first kappa shape index (κ1) is 25.3. The van der Waals surface area contributed by atoms with Crippen LogP contribution in [0.5, 0.6) is 11.5 Å². The first-order valence-electron chi connectivity index (χ1n) is 11.9. The van der Waals surface area contributed by atoms with Crippen molar-refractivity contribution < 1.29 is 29.4 Å². The summed E-state index contributed by atoms with van der Waals surface area (Å²) in [5, 5.41) is 24.5. The Labute approximate surface area is 200 Å². The highest BCUT2D eigenvalue weighted by atomic mass is 16.6. The molecule has 2 heterocycles. The second-order valence-electron chi connectivity index (χ2n) is 8.84. The van der Waals surface area contributed by atoms with Gasteiger partial charge in [-0.1, -0.05) is 23.4 Å². The van der Waals surface area contributed by atoms with Crippen LogP contribution in [0.3, 0.4) is 0 Å². The Hall–Kier alpha value is -3.29. The number of ether oxygens (including phenoxy) is 1. The van der Waals surface area contributed by atoms with Gasteiger partial charge in [0.25, 0.3) is 5.91 Å². The number of carbonyl (C=O) groups is 2. The third kappa shape index (κ3) is 6.85. The smallest absolute Gasteiger partial charge is 0.342 e. The Kier molecular flexibility index (Phi) is 9.13. The Morgan fingerprint density at radius 3 is 2.59 bits per heavy atom. The zero-order valence-electron chi connectivity index (χ0n) is 19.9. The van der Waals surface area contributed by atoms with E-state index in [0.717, 1.165) is 38.2 Å². The lowest BCUT2D eigenvalue weighted by Crippen LogP contribution is -2.48. The molecule has 2 aliphatic heterocycles. The van der Waals surface area contributed by atoms with Gasteiger partial charge in [-0.2, -0.15) is 0 Å². The van der Waals surface area contributed by atoms with Gasteiger partial charge in [-0.15, -0.1) is 0 Å². The lowest BCUT2D eigenvalue weighted by Gasteiger charge is -2.38. The van der Waals surface area contributed by atoms with Crippen molar-refractivity contribution >= 4 is 17.6 Å². The molecule has 0 bridgehead atoms. The fraction of sp³-hybridized carbons (Fsp3) is 0.500. The molecule has 1 aromatic rings. The number of benzene rings is 1. The van der Waals surface area contributed by atoms with Crippen LogP contribution in [-0.4, -0.2) is 58.0 Å². The average Bonchev–Trinajstić information content (AvgIpc) is 2.76. The van der Waals surface area contributed by atoms with E-state index in [1.54, 1.807) is 6.08 Å². The number of aromatic hydroxyl groups is 2. The second-order valence-corrected chi connectivity index (χ2v) is 8.84. The number of nitrogens with zero attached hydrogens (tertiary/aromatic N) is 2. The van der Waals surface area contributed by atoms with Gasteiger partial charge >= 0.3 is 5.97 Å². The number of piperidine rings is 1. The molecule has 3 rings (SSSR count). The summed E-state index contributed by atoms with van der Waals surface area (Å²) >= 11 is 0. The number of rotatable bonds is 3. The fourth-order valence-corrected chi connectivity index (χ4v) is 4.46. The average molecular weight is 471 g/mol. The molecular formula is C26H34N2O6. The van der Waals surface area contributed by atoms with Crippen LogP contribution in [-0.2, 0) is 20.8 Å². The molecule has 2 unspecified atom stereocenters. The lowest BCUT2D eigenvalue weighted by atomic mass is 9.97. The molecule has 1 amide bonds. The van der Waals surface area contributed by atoms with Crippen LogP contribution >= 0.6 is 0 Å². The van der Waals surface area contributed by atoms with E-state index in [1.165, 1.54) is 6.07 Å². The zero-order valence-corrected chi connectivity index (χ0v) is 19.9. The quantitative estimate of drug-likeness (QED) is 0.388. The molecule has 0 aromatic heterocycles. The van der Waals surface area contributed by atoms with Crippen LogP contribution in [0.4, 0.5) is 0 Å². The van der Waals surface area contributed by atoms with E-state index in [0.29, 0.717) is 17.7 Å². The first-order chi connectivity index (χ1) is 16.4. The van der Waals surface area contributed by atoms with Gasteiger partial charge in [-0.05, 0) is 70.1 Å². The highest BCUT2D eigenvalue weighted by molar-refractivity contribution is 6.00. The Balaban J connectivity index is 1.82. The molecule has 1 saturated heterocycles. The maximum Gasteiger partial charge on any atom is 0.342 e. The highest BCUT2D eigenvalue weighted by Crippen LogP contribution is 2.29. The van der Waals surface area contributed by atoms with E-state index in [-0.39, 0.29) is 54.7 Å². The lowest BCUT2D eigenvalue weighted by molar-refractivity contribution is -0.142. The minimum absolute atomic E-state index is 0.0213. The van der Waals surface area contributed by atoms with Crippen molar-refractivity contribution in [3.05, 3.63) is 47.6 Å². The summed E-state index contributed by atoms with van der Waals surface area (Å²) in [6.45, 7) is 4.09. The number of hydrogen-bond donors (Lipinski definition) is 2. The van der Waals surface area contributed by atoms with Gasteiger partial charge in [0.1, 0.15) is 17.1 Å². The first-order valence-corrected chi connectivity index (χ1v) is 11.9. The summed E-state index contributed by atoms with van der Waals surface area (Å²) in [6.07, 6.45) is 13.0. The number of cyclic esters (lactones) is 1. The van der Waals surface area contributed by atoms with Crippen LogP contribution in [0.2, 0.25) is 0 Å². The van der Waals surface area contributed by atoms with Gasteiger partial charge in [-0.25, -0.2) is 4.79 Å². The van der Waals surface area contributed by atoms with E-state index in [2.05, 4.69) is 5.16 Å². The molecule has 2 N–H and O–H groups in total. The van der Waals surface area contributed by atoms with Crippen LogP contribution < -0.4 is 0 Å². The third-order valence-corrected chi connectivity index (χ3v) is 6.11. The standard InChI is InChI=1S/C26H34N2O6/c1-18-10-9-11-19(2)28(18)24(31)17-34-27-21-12-7-5-3-4-6-8-13-33-26(32)25-20(14-21)15-22(29)16-23(25)30/h4,6-7,12,15-16,18-19,29-30H,3,5,8-11,13-14,17H2,1-2H3. The van der Waals surface area contributed by atoms with Gasteiger partial charge in [0.05, 0.1) is 12.3 Å². The van der Waals surface area contributed by atoms with Crippen molar-refractivity contribution in [1.29, 1.82) is 0 Å². The Bertz CT molecular complexity index is 958. The highest BCUT2D eigenvalue weighted by Gasteiger charge is 2.29. The van der Waals surface area contributed by atoms with E-state index < -0.39 is 5.97 Å². The minimum atomic E-state index is -0.676. The van der Waals surface area contributed by atoms with Crippen LogP contribution in [0.1, 0.15) is 68.3 Å². The molecule has 34 heavy (non-hydrogen) atoms. The summed E-state index contributed by atoms with van der Waals surface area (Å²) in [4.78, 5) is 32.7. The topological polar surface area (TPSA) is 109 Å². The molecule has 1 aromatic carbocycles. The molecule has 2 atom stereocenters. The van der Waals surface area contributed by atoms with E-state index in [1.807, 2.05) is 37.0 Å². The van der Waals surface area contributed by atoms with Crippen LogP contribution in [0.15, 0.2) is 41.6 Å². The Morgan fingerprint density at radius 1 is 1.12 bits per heavy atom. The third-order valence-electron chi connectivity index (χ3n) is 6.11. The van der Waals surface area contributed by atoms with Gasteiger partial charge < -0.3 is 24.7 Å². The Morgan fingerprint density at radius 2 is 1.82 bits per heavy atom. The van der Waals surface area contributed by atoms with Crippen LogP contribution in [0, 0.1) is 0 Å². The van der Waals surface area contributed by atoms with Crippen molar-refractivity contribution in [2.24, 2.45) is 5.16 Å². The molecule has 0 saturated carbocycles. The molecule has 184 valence electrons. The number of allylic oxidation sites excluding steroid dienone is 3. The number of phenolic OH excluding ortho intramolecular Hbond substituents is 2. The van der Waals surface area contributed by atoms with Gasteiger partial charge in [0.15, 0.2) is 6.61 Å². The number of phenols is 2. The number of oxime groups is 1. The summed E-state index contributed by atoms with van der Waals surface area (Å²) in [6, 6.07) is 2.83. The molecule has 0 radical (unpaired) electrons. The number of amides is 1. The van der Waals surface area contributed by atoms with Crippen molar-refractivity contribution in [2.45, 2.75) is 70.9 Å². The van der Waals surface area contributed by atoms with Crippen molar-refractivity contribution in [1.82, 2.24) is 4.90 Å². The fourth-order valence-electron chi connectivity index (χ4n) is 4.46. The second kappa shape index (κ2) is 12.3. The predicted molar refractivity (Wildman–Crippen MR) is 129 cm³/mol. The molecular weight excluding hydrogens is 436 g/mol. The van der Waals surface area contributed by atoms with Crippen molar-refractivity contribution in [2.75, 3.05) is 13.2 Å². The van der Waals surface area contributed by atoms with Crippen molar-refractivity contribution in [3.8, 4) is 11.5 Å². The van der Waals surface area contributed by atoms with E-state index >= 15 is 0 Å². The van der Waals surface area contributed by atoms with E-state index in [4.69, 9.17) is 9.57 Å². The number of hydrogen-bond acceptors (Lipinski definition) is 7. The van der Waals surface area contributed by atoms with Gasteiger partial charge in [0, 0.05) is 24.6 Å². The maximum absolute atomic E-state index is 12.7. The molecule has 8 heteroatoms.